The Labute approximate surface area is 94.0 Å². The first kappa shape index (κ1) is 12.2. The van der Waals surface area contributed by atoms with E-state index in [2.05, 4.69) is 52.8 Å². The Bertz CT molecular complexity index is 300. The fourth-order valence-electron chi connectivity index (χ4n) is 1.62. The van der Waals surface area contributed by atoms with Gasteiger partial charge in [0.2, 0.25) is 0 Å². The van der Waals surface area contributed by atoms with E-state index in [1.54, 1.807) is 0 Å². The van der Waals surface area contributed by atoms with Gasteiger partial charge in [-0.3, -0.25) is 4.99 Å². The molecule has 1 atom stereocenters. The minimum absolute atomic E-state index is 0.172. The summed E-state index contributed by atoms with van der Waals surface area (Å²) < 4.78 is 0. The maximum Gasteiger partial charge on any atom is 0.0435 e. The van der Waals surface area contributed by atoms with Crippen LogP contribution in [0.5, 0.6) is 0 Å². The standard InChI is InChI=1S/C14H23N/c1-6-7-8-12-11(2)9-10-13(15-12)14(3,4)5/h7-8,10-11H,6,9H2,1-5H3/b8-7-. The van der Waals surface area contributed by atoms with E-state index in [9.17, 15) is 0 Å². The zero-order valence-electron chi connectivity index (χ0n) is 10.7. The molecule has 0 aromatic heterocycles. The zero-order valence-corrected chi connectivity index (χ0v) is 10.7. The summed E-state index contributed by atoms with van der Waals surface area (Å²) in [6.45, 7) is 11.1. The molecule has 0 saturated heterocycles. The van der Waals surface area contributed by atoms with E-state index >= 15 is 0 Å². The lowest BCUT2D eigenvalue weighted by Crippen LogP contribution is -2.18. The Kier molecular flexibility index (Phi) is 3.90. The van der Waals surface area contributed by atoms with Gasteiger partial charge in [0.15, 0.2) is 0 Å². The van der Waals surface area contributed by atoms with Crippen LogP contribution in [0.15, 0.2) is 28.9 Å². The molecule has 1 unspecified atom stereocenters. The van der Waals surface area contributed by atoms with Crippen molar-refractivity contribution in [3.8, 4) is 0 Å². The fourth-order valence-corrected chi connectivity index (χ4v) is 1.62. The monoisotopic (exact) mass is 205 g/mol. The quantitative estimate of drug-likeness (QED) is 0.635. The third-order valence-corrected chi connectivity index (χ3v) is 2.71. The lowest BCUT2D eigenvalue weighted by atomic mass is 9.87. The minimum Gasteiger partial charge on any atom is -0.257 e. The van der Waals surface area contributed by atoms with E-state index in [1.165, 1.54) is 11.4 Å². The second-order valence-electron chi connectivity index (χ2n) is 5.32. The molecule has 1 heteroatoms. The van der Waals surface area contributed by atoms with Crippen molar-refractivity contribution in [2.75, 3.05) is 0 Å². The molecule has 1 nitrogen and oxygen atoms in total. The molecule has 0 N–H and O–H groups in total. The molecule has 0 aromatic rings. The second kappa shape index (κ2) is 4.78. The average molecular weight is 205 g/mol. The Morgan fingerprint density at radius 2 is 2.13 bits per heavy atom. The number of hydrogen-bond acceptors (Lipinski definition) is 1. The van der Waals surface area contributed by atoms with Crippen LogP contribution in [0.4, 0.5) is 0 Å². The van der Waals surface area contributed by atoms with Crippen molar-refractivity contribution in [2.24, 2.45) is 16.3 Å². The minimum atomic E-state index is 0.172. The molecule has 0 bridgehead atoms. The van der Waals surface area contributed by atoms with Crippen LogP contribution in [0.1, 0.15) is 47.5 Å². The topological polar surface area (TPSA) is 12.4 Å². The molecule has 0 radical (unpaired) electrons. The summed E-state index contributed by atoms with van der Waals surface area (Å²) in [5.74, 6) is 0.568. The Hall–Kier alpha value is -0.850. The molecule has 0 amide bonds. The van der Waals surface area contributed by atoms with Crippen LogP contribution in [0.25, 0.3) is 0 Å². The van der Waals surface area contributed by atoms with Crippen molar-refractivity contribution in [1.29, 1.82) is 0 Å². The zero-order chi connectivity index (χ0) is 11.5. The van der Waals surface area contributed by atoms with Crippen LogP contribution in [-0.2, 0) is 0 Å². The summed E-state index contributed by atoms with van der Waals surface area (Å²) in [6, 6.07) is 0. The first-order chi connectivity index (χ1) is 6.95. The van der Waals surface area contributed by atoms with Crippen molar-refractivity contribution in [3.05, 3.63) is 23.9 Å². The van der Waals surface area contributed by atoms with Crippen LogP contribution < -0.4 is 0 Å². The second-order valence-corrected chi connectivity index (χ2v) is 5.32. The van der Waals surface area contributed by atoms with Crippen LogP contribution in [0, 0.1) is 11.3 Å². The van der Waals surface area contributed by atoms with Crippen LogP contribution in [0.3, 0.4) is 0 Å². The van der Waals surface area contributed by atoms with Gasteiger partial charge in [-0.15, -0.1) is 0 Å². The van der Waals surface area contributed by atoms with Gasteiger partial charge in [0.05, 0.1) is 0 Å². The summed E-state index contributed by atoms with van der Waals surface area (Å²) in [6.07, 6.45) is 8.87. The van der Waals surface area contributed by atoms with Gasteiger partial charge >= 0.3 is 0 Å². The molecule has 0 saturated carbocycles. The molecule has 0 aliphatic carbocycles. The van der Waals surface area contributed by atoms with Gasteiger partial charge in [-0.05, 0) is 18.9 Å². The summed E-state index contributed by atoms with van der Waals surface area (Å²) in [5, 5.41) is 0. The van der Waals surface area contributed by atoms with E-state index < -0.39 is 0 Å². The molecule has 0 spiro atoms. The predicted octanol–water partition coefficient (Wildman–Crippen LogP) is 4.36. The number of aliphatic imine (C=N–C) groups is 1. The highest BCUT2D eigenvalue weighted by Gasteiger charge is 2.21. The Morgan fingerprint density at radius 3 is 2.67 bits per heavy atom. The smallest absolute Gasteiger partial charge is 0.0435 e. The van der Waals surface area contributed by atoms with Crippen molar-refractivity contribution in [1.82, 2.24) is 0 Å². The van der Waals surface area contributed by atoms with E-state index in [0.717, 1.165) is 12.8 Å². The van der Waals surface area contributed by atoms with Gasteiger partial charge in [0.1, 0.15) is 0 Å². The number of hydrogen-bond donors (Lipinski definition) is 0. The molecule has 15 heavy (non-hydrogen) atoms. The van der Waals surface area contributed by atoms with E-state index in [0.29, 0.717) is 5.92 Å². The van der Waals surface area contributed by atoms with Crippen LogP contribution in [0.2, 0.25) is 0 Å². The molecular formula is C14H23N. The number of nitrogens with zero attached hydrogens (tertiary/aromatic N) is 1. The third-order valence-electron chi connectivity index (χ3n) is 2.71. The highest BCUT2D eigenvalue weighted by molar-refractivity contribution is 5.98. The number of allylic oxidation sites excluding steroid dienone is 4. The van der Waals surface area contributed by atoms with Crippen molar-refractivity contribution in [3.63, 3.8) is 0 Å². The van der Waals surface area contributed by atoms with Gasteiger partial charge in [-0.25, -0.2) is 0 Å². The fraction of sp³-hybridized carbons (Fsp3) is 0.643. The van der Waals surface area contributed by atoms with E-state index in [-0.39, 0.29) is 5.41 Å². The Morgan fingerprint density at radius 1 is 1.47 bits per heavy atom. The third kappa shape index (κ3) is 3.33. The largest absolute Gasteiger partial charge is 0.257 e. The van der Waals surface area contributed by atoms with E-state index in [1.807, 2.05) is 0 Å². The highest BCUT2D eigenvalue weighted by atomic mass is 14.8. The summed E-state index contributed by atoms with van der Waals surface area (Å²) in [4.78, 5) is 4.76. The lowest BCUT2D eigenvalue weighted by Gasteiger charge is -2.25. The normalized spacial score (nSPS) is 22.9. The SMILES string of the molecule is CC/C=C\C1=NC(C(C)(C)C)=CCC1C. The van der Waals surface area contributed by atoms with E-state index in [4.69, 9.17) is 4.99 Å². The average Bonchev–Trinajstić information content (AvgIpc) is 2.15. The maximum absolute atomic E-state index is 4.76. The summed E-state index contributed by atoms with van der Waals surface area (Å²) in [5.41, 5.74) is 2.64. The summed E-state index contributed by atoms with van der Waals surface area (Å²) >= 11 is 0. The number of rotatable bonds is 2. The van der Waals surface area contributed by atoms with Gasteiger partial charge in [0, 0.05) is 22.7 Å². The molecular weight excluding hydrogens is 182 g/mol. The van der Waals surface area contributed by atoms with Gasteiger partial charge in [0.25, 0.3) is 0 Å². The van der Waals surface area contributed by atoms with Gasteiger partial charge in [-0.2, -0.15) is 0 Å². The molecule has 0 fully saturated rings. The first-order valence-corrected chi connectivity index (χ1v) is 5.91. The molecule has 1 aliphatic heterocycles. The Balaban J connectivity index is 2.89. The van der Waals surface area contributed by atoms with Crippen molar-refractivity contribution in [2.45, 2.75) is 47.5 Å². The van der Waals surface area contributed by atoms with Crippen molar-refractivity contribution < 1.29 is 0 Å². The molecule has 1 rings (SSSR count). The van der Waals surface area contributed by atoms with Crippen molar-refractivity contribution >= 4 is 5.71 Å². The van der Waals surface area contributed by atoms with Crippen LogP contribution in [-0.4, -0.2) is 5.71 Å². The summed E-state index contributed by atoms with van der Waals surface area (Å²) in [7, 11) is 0. The predicted molar refractivity (Wildman–Crippen MR) is 68.2 cm³/mol. The highest BCUT2D eigenvalue weighted by Crippen LogP contribution is 2.31. The maximum atomic E-state index is 4.76. The molecule has 0 aromatic carbocycles. The molecule has 1 heterocycles. The lowest BCUT2D eigenvalue weighted by molar-refractivity contribution is 0.489. The van der Waals surface area contributed by atoms with Gasteiger partial charge < -0.3 is 0 Å². The van der Waals surface area contributed by atoms with Crippen LogP contribution >= 0.6 is 0 Å². The molecule has 84 valence electrons. The molecule has 1 aliphatic rings. The van der Waals surface area contributed by atoms with Gasteiger partial charge in [-0.1, -0.05) is 46.8 Å². The first-order valence-electron chi connectivity index (χ1n) is 5.91.